The molecule has 1 fully saturated rings. The van der Waals surface area contributed by atoms with Gasteiger partial charge in [-0.3, -0.25) is 0 Å². The molecule has 0 bridgehead atoms. The number of piperazine rings is 1. The van der Waals surface area contributed by atoms with Crippen molar-refractivity contribution >= 4 is 5.69 Å². The van der Waals surface area contributed by atoms with Gasteiger partial charge in [-0.15, -0.1) is 0 Å². The Bertz CT molecular complexity index is 425. The molecule has 5 heteroatoms. The second kappa shape index (κ2) is 6.30. The molecule has 1 unspecified atom stereocenters. The number of hydrogen-bond acceptors (Lipinski definition) is 3. The molecule has 0 radical (unpaired) electrons. The normalized spacial score (nSPS) is 20.5. The molecule has 1 aliphatic heterocycles. The molecule has 0 aromatic heterocycles. The summed E-state index contributed by atoms with van der Waals surface area (Å²) in [6.07, 6.45) is 0.955. The third-order valence-corrected chi connectivity index (χ3v) is 3.76. The van der Waals surface area contributed by atoms with Crippen LogP contribution in [0.1, 0.15) is 6.42 Å². The number of likely N-dealkylation sites (N-methyl/N-ethyl adjacent to an activating group) is 1. The van der Waals surface area contributed by atoms with Gasteiger partial charge in [-0.25, -0.2) is 8.78 Å². The summed E-state index contributed by atoms with van der Waals surface area (Å²) in [6, 6.07) is 4.19. The monoisotopic (exact) mass is 269 g/mol. The number of anilines is 1. The second-order valence-electron chi connectivity index (χ2n) is 5.14. The van der Waals surface area contributed by atoms with Crippen molar-refractivity contribution in [3.63, 3.8) is 0 Å². The summed E-state index contributed by atoms with van der Waals surface area (Å²) in [7, 11) is 3.95. The van der Waals surface area contributed by atoms with E-state index in [1.165, 1.54) is 12.1 Å². The number of nitrogens with zero attached hydrogens (tertiary/aromatic N) is 2. The fraction of sp³-hybridized carbons (Fsp3) is 0.571. The van der Waals surface area contributed by atoms with Gasteiger partial charge in [0.1, 0.15) is 11.6 Å². The zero-order valence-corrected chi connectivity index (χ0v) is 11.5. The number of benzene rings is 1. The summed E-state index contributed by atoms with van der Waals surface area (Å²) in [6.45, 7) is 3.78. The highest BCUT2D eigenvalue weighted by Crippen LogP contribution is 2.19. The topological polar surface area (TPSA) is 18.5 Å². The van der Waals surface area contributed by atoms with Crippen LogP contribution in [0.15, 0.2) is 18.2 Å². The molecule has 0 spiro atoms. The Morgan fingerprint density at radius 2 is 2.21 bits per heavy atom. The van der Waals surface area contributed by atoms with Crippen LogP contribution in [-0.4, -0.2) is 51.2 Å². The molecule has 0 amide bonds. The summed E-state index contributed by atoms with van der Waals surface area (Å²) in [5.74, 6) is -1.04. The van der Waals surface area contributed by atoms with Crippen LogP contribution in [0.2, 0.25) is 0 Å². The van der Waals surface area contributed by atoms with E-state index >= 15 is 0 Å². The Morgan fingerprint density at radius 3 is 2.89 bits per heavy atom. The van der Waals surface area contributed by atoms with Gasteiger partial charge in [-0.2, -0.15) is 0 Å². The first-order valence-corrected chi connectivity index (χ1v) is 6.65. The molecule has 0 saturated carbocycles. The minimum Gasteiger partial charge on any atom is -0.372 e. The van der Waals surface area contributed by atoms with Crippen LogP contribution in [0.5, 0.6) is 0 Å². The zero-order valence-electron chi connectivity index (χ0n) is 11.5. The third-order valence-electron chi connectivity index (χ3n) is 3.76. The van der Waals surface area contributed by atoms with Crippen LogP contribution >= 0.6 is 0 Å². The first kappa shape index (κ1) is 14.2. The van der Waals surface area contributed by atoms with E-state index in [1.807, 2.05) is 11.9 Å². The lowest BCUT2D eigenvalue weighted by molar-refractivity contribution is 0.192. The second-order valence-corrected chi connectivity index (χ2v) is 5.14. The molecule has 1 aromatic carbocycles. The van der Waals surface area contributed by atoms with Gasteiger partial charge in [-0.1, -0.05) is 0 Å². The van der Waals surface area contributed by atoms with Crippen molar-refractivity contribution in [2.24, 2.45) is 0 Å². The van der Waals surface area contributed by atoms with Crippen LogP contribution in [-0.2, 0) is 0 Å². The number of halogens is 2. The standard InChI is InChI=1S/C14H21F2N3/c1-18-8-6-17-10-12(18)5-7-19(2)14-4-3-11(15)9-13(14)16/h3-4,9,12,17H,5-8,10H2,1-2H3. The lowest BCUT2D eigenvalue weighted by atomic mass is 10.1. The van der Waals surface area contributed by atoms with Gasteiger partial charge in [0, 0.05) is 45.3 Å². The molecular weight excluding hydrogens is 248 g/mol. The highest BCUT2D eigenvalue weighted by molar-refractivity contribution is 5.46. The minimum atomic E-state index is -0.536. The van der Waals surface area contributed by atoms with E-state index in [4.69, 9.17) is 0 Å². The number of hydrogen-bond donors (Lipinski definition) is 1. The molecule has 1 heterocycles. The van der Waals surface area contributed by atoms with E-state index in [0.717, 1.165) is 38.7 Å². The van der Waals surface area contributed by atoms with Gasteiger partial charge in [0.2, 0.25) is 0 Å². The maximum absolute atomic E-state index is 13.6. The third kappa shape index (κ3) is 3.64. The fourth-order valence-electron chi connectivity index (χ4n) is 2.44. The first-order valence-electron chi connectivity index (χ1n) is 6.65. The molecular formula is C14H21F2N3. The van der Waals surface area contributed by atoms with E-state index in [-0.39, 0.29) is 0 Å². The highest BCUT2D eigenvalue weighted by atomic mass is 19.1. The first-order chi connectivity index (χ1) is 9.08. The number of rotatable bonds is 4. The van der Waals surface area contributed by atoms with Crippen molar-refractivity contribution in [3.05, 3.63) is 29.8 Å². The largest absolute Gasteiger partial charge is 0.372 e. The number of nitrogens with one attached hydrogen (secondary N) is 1. The van der Waals surface area contributed by atoms with Gasteiger partial charge in [0.15, 0.2) is 0 Å². The Hall–Kier alpha value is -1.20. The van der Waals surface area contributed by atoms with E-state index < -0.39 is 11.6 Å². The van der Waals surface area contributed by atoms with Crippen LogP contribution in [0.25, 0.3) is 0 Å². The molecule has 1 aliphatic rings. The molecule has 3 nitrogen and oxygen atoms in total. The Kier molecular flexibility index (Phi) is 4.71. The van der Waals surface area contributed by atoms with Crippen molar-refractivity contribution in [3.8, 4) is 0 Å². The SMILES string of the molecule is CN(CCC1CNCCN1C)c1ccc(F)cc1F. The van der Waals surface area contributed by atoms with Crippen molar-refractivity contribution in [1.82, 2.24) is 10.2 Å². The van der Waals surface area contributed by atoms with Gasteiger partial charge >= 0.3 is 0 Å². The molecule has 2 rings (SSSR count). The summed E-state index contributed by atoms with van der Waals surface area (Å²) in [4.78, 5) is 4.17. The Morgan fingerprint density at radius 1 is 1.42 bits per heavy atom. The maximum Gasteiger partial charge on any atom is 0.149 e. The quantitative estimate of drug-likeness (QED) is 0.897. The maximum atomic E-state index is 13.6. The fourth-order valence-corrected chi connectivity index (χ4v) is 2.44. The van der Waals surface area contributed by atoms with E-state index in [9.17, 15) is 8.78 Å². The summed E-state index contributed by atoms with van der Waals surface area (Å²) < 4.78 is 26.5. The van der Waals surface area contributed by atoms with Gasteiger partial charge < -0.3 is 15.1 Å². The van der Waals surface area contributed by atoms with Gasteiger partial charge in [-0.05, 0) is 25.6 Å². The molecule has 1 N–H and O–H groups in total. The molecule has 1 saturated heterocycles. The van der Waals surface area contributed by atoms with Crippen LogP contribution < -0.4 is 10.2 Å². The lowest BCUT2D eigenvalue weighted by Crippen LogP contribution is -2.50. The van der Waals surface area contributed by atoms with Crippen molar-refractivity contribution in [2.75, 3.05) is 45.2 Å². The summed E-state index contributed by atoms with van der Waals surface area (Å²) >= 11 is 0. The predicted molar refractivity (Wildman–Crippen MR) is 73.5 cm³/mol. The molecule has 1 aromatic rings. The molecule has 0 aliphatic carbocycles. The summed E-state index contributed by atoms with van der Waals surface area (Å²) in [5, 5.41) is 3.36. The lowest BCUT2D eigenvalue weighted by Gasteiger charge is -2.34. The van der Waals surface area contributed by atoms with Crippen molar-refractivity contribution in [2.45, 2.75) is 12.5 Å². The Labute approximate surface area is 113 Å². The van der Waals surface area contributed by atoms with E-state index in [0.29, 0.717) is 11.7 Å². The van der Waals surface area contributed by atoms with Crippen molar-refractivity contribution < 1.29 is 8.78 Å². The Balaban J connectivity index is 1.91. The smallest absolute Gasteiger partial charge is 0.149 e. The van der Waals surface area contributed by atoms with Gasteiger partial charge in [0.05, 0.1) is 5.69 Å². The minimum absolute atomic E-state index is 0.452. The van der Waals surface area contributed by atoms with Crippen LogP contribution in [0.3, 0.4) is 0 Å². The molecule has 19 heavy (non-hydrogen) atoms. The van der Waals surface area contributed by atoms with Crippen LogP contribution in [0, 0.1) is 11.6 Å². The van der Waals surface area contributed by atoms with Crippen molar-refractivity contribution in [1.29, 1.82) is 0 Å². The molecule has 106 valence electrons. The predicted octanol–water partition coefficient (Wildman–Crippen LogP) is 1.69. The van der Waals surface area contributed by atoms with Crippen LogP contribution in [0.4, 0.5) is 14.5 Å². The van der Waals surface area contributed by atoms with E-state index in [2.05, 4.69) is 17.3 Å². The average Bonchev–Trinajstić information content (AvgIpc) is 2.37. The zero-order chi connectivity index (χ0) is 13.8. The highest BCUT2D eigenvalue weighted by Gasteiger charge is 2.19. The summed E-state index contributed by atoms with van der Waals surface area (Å²) in [5.41, 5.74) is 0.452. The molecule has 1 atom stereocenters. The average molecular weight is 269 g/mol. The van der Waals surface area contributed by atoms with Gasteiger partial charge in [0.25, 0.3) is 0 Å². The van der Waals surface area contributed by atoms with E-state index in [1.54, 1.807) is 0 Å².